The van der Waals surface area contributed by atoms with Gasteiger partial charge >= 0.3 is 0 Å². The SMILES string of the molecule is C/C(=C(F)\C(F)=C(\c1cccs1)c1nonc1C)c1cccs1. The molecule has 0 amide bonds. The van der Waals surface area contributed by atoms with Crippen molar-refractivity contribution in [3.8, 4) is 0 Å². The van der Waals surface area contributed by atoms with Gasteiger partial charge in [0.15, 0.2) is 11.7 Å². The maximum atomic E-state index is 15.0. The van der Waals surface area contributed by atoms with Gasteiger partial charge in [0.2, 0.25) is 0 Å². The maximum absolute atomic E-state index is 15.0. The van der Waals surface area contributed by atoms with E-state index in [1.807, 2.05) is 5.38 Å². The van der Waals surface area contributed by atoms with Crippen LogP contribution in [0, 0.1) is 6.92 Å². The van der Waals surface area contributed by atoms with Crippen LogP contribution in [0.15, 0.2) is 51.3 Å². The minimum absolute atomic E-state index is 0.0622. The average Bonchev–Trinajstić information content (AvgIpc) is 3.29. The van der Waals surface area contributed by atoms with E-state index >= 15 is 0 Å². The molecule has 7 heteroatoms. The van der Waals surface area contributed by atoms with E-state index in [1.54, 1.807) is 43.5 Å². The zero-order chi connectivity index (χ0) is 16.4. The highest BCUT2D eigenvalue weighted by molar-refractivity contribution is 7.11. The molecule has 3 rings (SSSR count). The Morgan fingerprint density at radius 3 is 2.17 bits per heavy atom. The standard InChI is InChI=1S/C16H12F2N2OS2/c1-9(11-5-3-7-22-11)14(17)15(18)13(12-6-4-8-23-12)16-10(2)19-21-20-16/h3-8H,1-2H3/b14-9-,15-13+. The lowest BCUT2D eigenvalue weighted by atomic mass is 10.1. The summed E-state index contributed by atoms with van der Waals surface area (Å²) in [6, 6.07) is 7.02. The number of halogens is 2. The van der Waals surface area contributed by atoms with Gasteiger partial charge in [-0.2, -0.15) is 0 Å². The molecule has 0 N–H and O–H groups in total. The Bertz CT molecular complexity index is 862. The van der Waals surface area contributed by atoms with Gasteiger partial charge in [0, 0.05) is 15.3 Å². The smallest absolute Gasteiger partial charge is 0.170 e. The Morgan fingerprint density at radius 2 is 1.65 bits per heavy atom. The predicted octanol–water partition coefficient (Wildman–Crippen LogP) is 5.63. The molecule has 0 bridgehead atoms. The number of nitrogens with zero attached hydrogens (tertiary/aromatic N) is 2. The summed E-state index contributed by atoms with van der Waals surface area (Å²) < 4.78 is 34.3. The second-order valence-corrected chi connectivity index (χ2v) is 6.68. The molecule has 23 heavy (non-hydrogen) atoms. The Kier molecular flexibility index (Phi) is 4.49. The first kappa shape index (κ1) is 15.8. The van der Waals surface area contributed by atoms with E-state index in [0.29, 0.717) is 15.4 Å². The summed E-state index contributed by atoms with van der Waals surface area (Å²) in [7, 11) is 0. The largest absolute Gasteiger partial charge is 0.244 e. The van der Waals surface area contributed by atoms with Crippen molar-refractivity contribution in [2.24, 2.45) is 0 Å². The van der Waals surface area contributed by atoms with Gasteiger partial charge in [-0.3, -0.25) is 0 Å². The molecule has 3 aromatic heterocycles. The minimum Gasteiger partial charge on any atom is -0.244 e. The number of hydrogen-bond acceptors (Lipinski definition) is 5. The van der Waals surface area contributed by atoms with Gasteiger partial charge < -0.3 is 0 Å². The number of aromatic nitrogens is 2. The van der Waals surface area contributed by atoms with E-state index < -0.39 is 11.7 Å². The van der Waals surface area contributed by atoms with Crippen LogP contribution in [0.25, 0.3) is 11.1 Å². The molecule has 118 valence electrons. The number of allylic oxidation sites excluding steroid dienone is 3. The molecule has 0 unspecified atom stereocenters. The van der Waals surface area contributed by atoms with Crippen molar-refractivity contribution in [2.45, 2.75) is 13.8 Å². The van der Waals surface area contributed by atoms with Gasteiger partial charge in [0.25, 0.3) is 0 Å². The third-order valence-corrected chi connectivity index (χ3v) is 5.17. The molecule has 0 atom stereocenters. The van der Waals surface area contributed by atoms with Crippen LogP contribution < -0.4 is 0 Å². The third-order valence-electron chi connectivity index (χ3n) is 3.29. The van der Waals surface area contributed by atoms with Crippen molar-refractivity contribution in [1.82, 2.24) is 10.3 Å². The van der Waals surface area contributed by atoms with Crippen molar-refractivity contribution in [3.05, 3.63) is 67.8 Å². The number of rotatable bonds is 4. The lowest BCUT2D eigenvalue weighted by Gasteiger charge is -2.06. The fraction of sp³-hybridized carbons (Fsp3) is 0.125. The van der Waals surface area contributed by atoms with Gasteiger partial charge in [0.1, 0.15) is 11.4 Å². The van der Waals surface area contributed by atoms with Crippen molar-refractivity contribution >= 4 is 33.8 Å². The summed E-state index contributed by atoms with van der Waals surface area (Å²) >= 11 is 2.65. The molecule has 0 aliphatic heterocycles. The fourth-order valence-corrected chi connectivity index (χ4v) is 3.57. The average molecular weight is 350 g/mol. The van der Waals surface area contributed by atoms with Crippen LogP contribution in [-0.2, 0) is 0 Å². The predicted molar refractivity (Wildman–Crippen MR) is 88.5 cm³/mol. The molecule has 0 spiro atoms. The summed E-state index contributed by atoms with van der Waals surface area (Å²) in [4.78, 5) is 1.24. The number of aryl methyl sites for hydroxylation is 1. The van der Waals surface area contributed by atoms with E-state index in [0.717, 1.165) is 0 Å². The molecule has 3 nitrogen and oxygen atoms in total. The van der Waals surface area contributed by atoms with Crippen molar-refractivity contribution < 1.29 is 13.4 Å². The molecular weight excluding hydrogens is 338 g/mol. The minimum atomic E-state index is -0.961. The van der Waals surface area contributed by atoms with Gasteiger partial charge in [-0.05, 0) is 41.9 Å². The molecule has 0 radical (unpaired) electrons. The van der Waals surface area contributed by atoms with Crippen LogP contribution >= 0.6 is 22.7 Å². The van der Waals surface area contributed by atoms with Gasteiger partial charge in [0.05, 0.1) is 5.57 Å². The van der Waals surface area contributed by atoms with Gasteiger partial charge in [-0.15, -0.1) is 22.7 Å². The summed E-state index contributed by atoms with van der Waals surface area (Å²) in [5.74, 6) is -1.87. The second-order valence-electron chi connectivity index (χ2n) is 4.78. The Morgan fingerprint density at radius 1 is 1.00 bits per heavy atom. The first-order valence-electron chi connectivity index (χ1n) is 6.73. The van der Waals surface area contributed by atoms with Crippen molar-refractivity contribution in [2.75, 3.05) is 0 Å². The number of hydrogen-bond donors (Lipinski definition) is 0. The molecule has 0 aliphatic carbocycles. The summed E-state index contributed by atoms with van der Waals surface area (Å²) in [5, 5.41) is 11.0. The third kappa shape index (κ3) is 3.02. The monoisotopic (exact) mass is 350 g/mol. The van der Waals surface area contributed by atoms with E-state index in [4.69, 9.17) is 0 Å². The molecule has 3 aromatic rings. The molecular formula is C16H12F2N2OS2. The number of thiophene rings is 2. The molecule has 0 saturated heterocycles. The molecule has 0 fully saturated rings. The molecule has 0 aliphatic rings. The van der Waals surface area contributed by atoms with Crippen LogP contribution in [0.1, 0.15) is 28.1 Å². The maximum Gasteiger partial charge on any atom is 0.170 e. The topological polar surface area (TPSA) is 38.9 Å². The van der Waals surface area contributed by atoms with Crippen LogP contribution in [0.3, 0.4) is 0 Å². The highest BCUT2D eigenvalue weighted by atomic mass is 32.1. The summed E-state index contributed by atoms with van der Waals surface area (Å²) in [6.07, 6.45) is 0. The quantitative estimate of drug-likeness (QED) is 0.572. The molecule has 0 aromatic carbocycles. The Balaban J connectivity index is 2.21. The van der Waals surface area contributed by atoms with E-state index in [9.17, 15) is 8.78 Å². The van der Waals surface area contributed by atoms with Crippen molar-refractivity contribution in [1.29, 1.82) is 0 Å². The molecule has 3 heterocycles. The highest BCUT2D eigenvalue weighted by Gasteiger charge is 2.23. The normalized spacial score (nSPS) is 13.7. The van der Waals surface area contributed by atoms with Crippen LogP contribution in [0.5, 0.6) is 0 Å². The molecule has 0 saturated carbocycles. The van der Waals surface area contributed by atoms with E-state index in [2.05, 4.69) is 14.9 Å². The van der Waals surface area contributed by atoms with Crippen LogP contribution in [-0.4, -0.2) is 10.3 Å². The Labute approximate surface area is 139 Å². The lowest BCUT2D eigenvalue weighted by molar-refractivity contribution is 0.303. The summed E-state index contributed by atoms with van der Waals surface area (Å²) in [5.41, 5.74) is 0.928. The van der Waals surface area contributed by atoms with Crippen LogP contribution in [0.4, 0.5) is 8.78 Å². The Hall–Kier alpha value is -2.12. The lowest BCUT2D eigenvalue weighted by Crippen LogP contribution is -1.94. The fourth-order valence-electron chi connectivity index (χ4n) is 2.08. The first-order chi connectivity index (χ1) is 11.1. The summed E-state index contributed by atoms with van der Waals surface area (Å²) in [6.45, 7) is 3.20. The van der Waals surface area contributed by atoms with Crippen LogP contribution in [0.2, 0.25) is 0 Å². The first-order valence-corrected chi connectivity index (χ1v) is 8.49. The van der Waals surface area contributed by atoms with Gasteiger partial charge in [-0.25, -0.2) is 13.4 Å². The van der Waals surface area contributed by atoms with Gasteiger partial charge in [-0.1, -0.05) is 17.3 Å². The zero-order valence-corrected chi connectivity index (χ0v) is 14.0. The van der Waals surface area contributed by atoms with Crippen molar-refractivity contribution in [3.63, 3.8) is 0 Å². The zero-order valence-electron chi connectivity index (χ0n) is 12.3. The highest BCUT2D eigenvalue weighted by Crippen LogP contribution is 2.37. The van der Waals surface area contributed by atoms with E-state index in [1.165, 1.54) is 22.7 Å². The van der Waals surface area contributed by atoms with E-state index in [-0.39, 0.29) is 16.8 Å². The second kappa shape index (κ2) is 6.55.